The van der Waals surface area contributed by atoms with Crippen molar-refractivity contribution in [2.24, 2.45) is 0 Å². The minimum Gasteiger partial charge on any atom is -0.493 e. The first-order valence-corrected chi connectivity index (χ1v) is 6.96. The van der Waals surface area contributed by atoms with Crippen molar-refractivity contribution in [3.8, 4) is 11.5 Å². The molecule has 1 aromatic carbocycles. The average Bonchev–Trinajstić information content (AvgIpc) is 2.54. The van der Waals surface area contributed by atoms with Crippen LogP contribution in [0.3, 0.4) is 0 Å². The van der Waals surface area contributed by atoms with Gasteiger partial charge in [-0.15, -0.1) is 0 Å². The van der Waals surface area contributed by atoms with E-state index < -0.39 is 0 Å². The third-order valence-corrected chi connectivity index (χ3v) is 3.46. The standard InChI is InChI=1S/C15H22N2O4/c1-17(10-11-9-16-7-8-21-11)15(18)12-5-4-6-13(19-2)14(12)20-3/h4-6,11,16H,7-10H2,1-3H3. The van der Waals surface area contributed by atoms with E-state index in [1.807, 2.05) is 0 Å². The van der Waals surface area contributed by atoms with Crippen molar-refractivity contribution in [2.75, 3.05) is 47.5 Å². The van der Waals surface area contributed by atoms with Gasteiger partial charge in [-0.25, -0.2) is 0 Å². The zero-order valence-electron chi connectivity index (χ0n) is 12.7. The topological polar surface area (TPSA) is 60.0 Å². The molecule has 6 heteroatoms. The summed E-state index contributed by atoms with van der Waals surface area (Å²) >= 11 is 0. The largest absolute Gasteiger partial charge is 0.493 e. The second kappa shape index (κ2) is 7.28. The van der Waals surface area contributed by atoms with Gasteiger partial charge in [0, 0.05) is 26.7 Å². The summed E-state index contributed by atoms with van der Waals surface area (Å²) in [5, 5.41) is 3.25. The van der Waals surface area contributed by atoms with E-state index in [9.17, 15) is 4.79 Å². The van der Waals surface area contributed by atoms with Crippen LogP contribution in [0.25, 0.3) is 0 Å². The van der Waals surface area contributed by atoms with Crippen molar-refractivity contribution in [3.63, 3.8) is 0 Å². The van der Waals surface area contributed by atoms with Gasteiger partial charge in [-0.1, -0.05) is 6.07 Å². The molecule has 1 amide bonds. The van der Waals surface area contributed by atoms with Gasteiger partial charge >= 0.3 is 0 Å². The summed E-state index contributed by atoms with van der Waals surface area (Å²) in [6.45, 7) is 2.83. The predicted molar refractivity (Wildman–Crippen MR) is 79.1 cm³/mol. The maximum absolute atomic E-state index is 12.6. The monoisotopic (exact) mass is 294 g/mol. The molecule has 2 rings (SSSR count). The van der Waals surface area contributed by atoms with E-state index in [2.05, 4.69) is 5.32 Å². The molecule has 1 aromatic rings. The Hall–Kier alpha value is -1.79. The Morgan fingerprint density at radius 2 is 2.24 bits per heavy atom. The van der Waals surface area contributed by atoms with Gasteiger partial charge in [-0.3, -0.25) is 4.79 Å². The zero-order valence-corrected chi connectivity index (χ0v) is 12.7. The zero-order chi connectivity index (χ0) is 15.2. The summed E-state index contributed by atoms with van der Waals surface area (Å²) in [7, 11) is 4.85. The summed E-state index contributed by atoms with van der Waals surface area (Å²) in [5.41, 5.74) is 0.489. The Morgan fingerprint density at radius 3 is 2.86 bits per heavy atom. The summed E-state index contributed by atoms with van der Waals surface area (Å²) in [6, 6.07) is 5.28. The van der Waals surface area contributed by atoms with Crippen LogP contribution in [0.2, 0.25) is 0 Å². The van der Waals surface area contributed by atoms with Crippen LogP contribution in [-0.4, -0.2) is 64.4 Å². The number of benzene rings is 1. The molecule has 1 atom stereocenters. The third-order valence-electron chi connectivity index (χ3n) is 3.46. The quantitative estimate of drug-likeness (QED) is 0.869. The van der Waals surface area contributed by atoms with Crippen LogP contribution >= 0.6 is 0 Å². The van der Waals surface area contributed by atoms with E-state index in [-0.39, 0.29) is 12.0 Å². The number of ether oxygens (including phenoxy) is 3. The summed E-state index contributed by atoms with van der Waals surface area (Å²) < 4.78 is 16.2. The van der Waals surface area contributed by atoms with E-state index in [0.29, 0.717) is 30.2 Å². The number of morpholine rings is 1. The molecule has 1 aliphatic rings. The minimum absolute atomic E-state index is 0.0179. The lowest BCUT2D eigenvalue weighted by atomic mass is 10.1. The van der Waals surface area contributed by atoms with Crippen LogP contribution in [0.4, 0.5) is 0 Å². The maximum atomic E-state index is 12.6. The van der Waals surface area contributed by atoms with Crippen LogP contribution in [-0.2, 0) is 4.74 Å². The molecule has 0 aromatic heterocycles. The predicted octanol–water partition coefficient (Wildman–Crippen LogP) is 0.764. The Labute approximate surface area is 125 Å². The average molecular weight is 294 g/mol. The SMILES string of the molecule is COc1cccc(C(=O)N(C)CC2CNCCO2)c1OC. The Balaban J connectivity index is 2.11. The van der Waals surface area contributed by atoms with Crippen molar-refractivity contribution in [1.29, 1.82) is 0 Å². The Bertz CT molecular complexity index is 487. The maximum Gasteiger partial charge on any atom is 0.257 e. The molecule has 0 radical (unpaired) electrons. The van der Waals surface area contributed by atoms with Crippen LogP contribution < -0.4 is 14.8 Å². The molecule has 0 spiro atoms. The summed E-state index contributed by atoms with van der Waals surface area (Å²) in [5.74, 6) is 0.895. The molecule has 1 N–H and O–H groups in total. The van der Waals surface area contributed by atoms with Gasteiger partial charge in [0.25, 0.3) is 5.91 Å². The Kier molecular flexibility index (Phi) is 5.41. The van der Waals surface area contributed by atoms with Gasteiger partial charge < -0.3 is 24.4 Å². The van der Waals surface area contributed by atoms with E-state index in [1.54, 1.807) is 37.3 Å². The summed E-state index contributed by atoms with van der Waals surface area (Å²) in [4.78, 5) is 14.2. The number of amides is 1. The van der Waals surface area contributed by atoms with E-state index in [0.717, 1.165) is 13.1 Å². The van der Waals surface area contributed by atoms with E-state index >= 15 is 0 Å². The van der Waals surface area contributed by atoms with Gasteiger partial charge in [-0.2, -0.15) is 0 Å². The second-order valence-electron chi connectivity index (χ2n) is 4.92. The van der Waals surface area contributed by atoms with Crippen molar-refractivity contribution in [2.45, 2.75) is 6.10 Å². The van der Waals surface area contributed by atoms with E-state index in [4.69, 9.17) is 14.2 Å². The highest BCUT2D eigenvalue weighted by Gasteiger charge is 2.23. The second-order valence-corrected chi connectivity index (χ2v) is 4.92. The van der Waals surface area contributed by atoms with Crippen molar-refractivity contribution >= 4 is 5.91 Å². The molecule has 116 valence electrons. The molecule has 1 aliphatic heterocycles. The first-order chi connectivity index (χ1) is 10.2. The van der Waals surface area contributed by atoms with Gasteiger partial charge in [0.2, 0.25) is 0 Å². The van der Waals surface area contributed by atoms with Crippen LogP contribution in [0, 0.1) is 0 Å². The molecule has 1 unspecified atom stereocenters. The molecule has 1 fully saturated rings. The molecule has 1 saturated heterocycles. The highest BCUT2D eigenvalue weighted by atomic mass is 16.5. The van der Waals surface area contributed by atoms with Crippen LogP contribution in [0.1, 0.15) is 10.4 Å². The molecule has 6 nitrogen and oxygen atoms in total. The first kappa shape index (κ1) is 15.6. The van der Waals surface area contributed by atoms with Crippen LogP contribution in [0.5, 0.6) is 11.5 Å². The third kappa shape index (κ3) is 3.65. The lowest BCUT2D eigenvalue weighted by Crippen LogP contribution is -2.45. The number of hydrogen-bond acceptors (Lipinski definition) is 5. The molecular formula is C15H22N2O4. The van der Waals surface area contributed by atoms with Gasteiger partial charge in [0.15, 0.2) is 11.5 Å². The first-order valence-electron chi connectivity index (χ1n) is 6.96. The number of nitrogens with one attached hydrogen (secondary N) is 1. The minimum atomic E-state index is -0.111. The number of methoxy groups -OCH3 is 2. The highest BCUT2D eigenvalue weighted by molar-refractivity contribution is 5.97. The number of likely N-dealkylation sites (N-methyl/N-ethyl adjacent to an activating group) is 1. The number of hydrogen-bond donors (Lipinski definition) is 1. The van der Waals surface area contributed by atoms with Crippen LogP contribution in [0.15, 0.2) is 18.2 Å². The molecule has 0 aliphatic carbocycles. The molecule has 21 heavy (non-hydrogen) atoms. The number of para-hydroxylation sites is 1. The number of carbonyl (C=O) groups excluding carboxylic acids is 1. The van der Waals surface area contributed by atoms with Gasteiger partial charge in [0.1, 0.15) is 0 Å². The molecular weight excluding hydrogens is 272 g/mol. The molecule has 1 heterocycles. The fourth-order valence-corrected chi connectivity index (χ4v) is 2.39. The number of nitrogens with zero attached hydrogens (tertiary/aromatic N) is 1. The van der Waals surface area contributed by atoms with Crippen molar-refractivity contribution < 1.29 is 19.0 Å². The number of carbonyl (C=O) groups is 1. The fraction of sp³-hybridized carbons (Fsp3) is 0.533. The lowest BCUT2D eigenvalue weighted by molar-refractivity contribution is 0.0103. The normalized spacial score (nSPS) is 18.1. The van der Waals surface area contributed by atoms with Crippen molar-refractivity contribution in [1.82, 2.24) is 10.2 Å². The summed E-state index contributed by atoms with van der Waals surface area (Å²) in [6.07, 6.45) is 0.0179. The van der Waals surface area contributed by atoms with Gasteiger partial charge in [-0.05, 0) is 12.1 Å². The highest BCUT2D eigenvalue weighted by Crippen LogP contribution is 2.31. The fourth-order valence-electron chi connectivity index (χ4n) is 2.39. The number of rotatable bonds is 5. The smallest absolute Gasteiger partial charge is 0.257 e. The van der Waals surface area contributed by atoms with Gasteiger partial charge in [0.05, 0.1) is 32.5 Å². The van der Waals surface area contributed by atoms with Crippen molar-refractivity contribution in [3.05, 3.63) is 23.8 Å². The Morgan fingerprint density at radius 1 is 1.43 bits per heavy atom. The van der Waals surface area contributed by atoms with E-state index in [1.165, 1.54) is 7.11 Å². The molecule has 0 saturated carbocycles. The molecule has 0 bridgehead atoms. The lowest BCUT2D eigenvalue weighted by Gasteiger charge is -2.28.